The van der Waals surface area contributed by atoms with E-state index in [-0.39, 0.29) is 144 Å². The molecule has 3 aromatic carbocycles. The number of ether oxygens (including phenoxy) is 2. The molecule has 28 heteroatoms. The molecule has 414 valence electrons. The first-order valence-corrected chi connectivity index (χ1v) is 24.3. The van der Waals surface area contributed by atoms with Gasteiger partial charge in [0.05, 0.1) is 48.5 Å². The molecular weight excluding hydrogens is 1050 g/mol. The standard InChI is InChI=1S/C48H60Cl2N8O18/c49-35-21-31(22-36(50)43(35)46(70)54-37(47(71)72)25-53-44(68)30-19-32(59)23-33(60)20-30)45(69)52-24-29-2-1-3-34(18-29)76-17-16-75-15-6-51-39(61)5-4-38(48(73)74)58-13-11-56(27-41(64)65)9-7-55(26-40(62)63)8-10-57(12-14-58)28-42(66)67/h1-3,18-23,37-38,59-60H,4-17,24-28H2,(H,51,61)(H,52,69)(H,53,68)(H,54,70)(H,62,63)(H,64,65)(H,66,67)(H,71,72)(H,73,74)/t37-,38?/m0/s1. The van der Waals surface area contributed by atoms with Gasteiger partial charge in [0.2, 0.25) is 5.91 Å². The van der Waals surface area contributed by atoms with Gasteiger partial charge in [-0.15, -0.1) is 0 Å². The number of halogens is 2. The van der Waals surface area contributed by atoms with Gasteiger partial charge in [-0.05, 0) is 48.4 Å². The van der Waals surface area contributed by atoms with Gasteiger partial charge in [-0.25, -0.2) is 4.79 Å². The molecule has 0 bridgehead atoms. The van der Waals surface area contributed by atoms with Gasteiger partial charge in [0.15, 0.2) is 0 Å². The summed E-state index contributed by atoms with van der Waals surface area (Å²) >= 11 is 12.7. The molecule has 26 nitrogen and oxygen atoms in total. The molecule has 4 rings (SSSR count). The number of phenolic OH excluding ortho intramolecular Hbond substituents is 2. The highest BCUT2D eigenvalue weighted by Crippen LogP contribution is 2.27. The van der Waals surface area contributed by atoms with Crippen LogP contribution < -0.4 is 26.0 Å². The normalized spacial score (nSPS) is 14.9. The highest BCUT2D eigenvalue weighted by molar-refractivity contribution is 6.40. The number of rotatable bonds is 27. The molecule has 76 heavy (non-hydrogen) atoms. The number of carbonyl (C=O) groups is 9. The van der Waals surface area contributed by atoms with Crippen LogP contribution in [-0.2, 0) is 40.0 Å². The van der Waals surface area contributed by atoms with Crippen LogP contribution in [0.25, 0.3) is 0 Å². The fourth-order valence-corrected chi connectivity index (χ4v) is 8.38. The average Bonchev–Trinajstić information content (AvgIpc) is 3.33. The Morgan fingerprint density at radius 1 is 0.592 bits per heavy atom. The number of nitrogens with zero attached hydrogens (tertiary/aromatic N) is 4. The van der Waals surface area contributed by atoms with Crippen LogP contribution in [0, 0.1) is 0 Å². The lowest BCUT2D eigenvalue weighted by Crippen LogP contribution is -2.52. The molecule has 0 saturated carbocycles. The number of carboxylic acid groups (broad SMARTS) is 5. The number of phenols is 2. The molecule has 2 atom stereocenters. The molecule has 1 aliphatic heterocycles. The Hall–Kier alpha value is -7.33. The van der Waals surface area contributed by atoms with Crippen molar-refractivity contribution in [2.75, 3.05) is 105 Å². The third-order valence-electron chi connectivity index (χ3n) is 11.5. The average molecular weight is 1110 g/mol. The minimum absolute atomic E-state index is 0.0243. The monoisotopic (exact) mass is 1110 g/mol. The molecule has 1 aliphatic rings. The maximum Gasteiger partial charge on any atom is 0.328 e. The van der Waals surface area contributed by atoms with Gasteiger partial charge < -0.3 is 66.5 Å². The molecule has 1 heterocycles. The van der Waals surface area contributed by atoms with Gasteiger partial charge in [0.1, 0.15) is 35.9 Å². The van der Waals surface area contributed by atoms with E-state index >= 15 is 0 Å². The van der Waals surface area contributed by atoms with E-state index in [0.29, 0.717) is 11.3 Å². The minimum atomic E-state index is -1.67. The van der Waals surface area contributed by atoms with Crippen molar-refractivity contribution in [2.45, 2.75) is 31.5 Å². The second-order valence-electron chi connectivity index (χ2n) is 17.2. The first-order valence-electron chi connectivity index (χ1n) is 23.6. The molecule has 11 N–H and O–H groups in total. The number of carboxylic acids is 5. The summed E-state index contributed by atoms with van der Waals surface area (Å²) in [5, 5.41) is 76.9. The minimum Gasteiger partial charge on any atom is -0.508 e. The number of aromatic hydroxyl groups is 2. The van der Waals surface area contributed by atoms with E-state index in [1.165, 1.54) is 0 Å². The van der Waals surface area contributed by atoms with Gasteiger partial charge >= 0.3 is 29.8 Å². The number of hydrogen-bond acceptors (Lipinski definition) is 17. The number of nitrogens with one attached hydrogen (secondary N) is 4. The Labute approximate surface area is 445 Å². The fourth-order valence-electron chi connectivity index (χ4n) is 7.72. The topological polar surface area (TPSA) is 375 Å². The first kappa shape index (κ1) is 61.2. The highest BCUT2D eigenvalue weighted by atomic mass is 35.5. The predicted molar refractivity (Wildman–Crippen MR) is 269 cm³/mol. The summed E-state index contributed by atoms with van der Waals surface area (Å²) in [6, 6.07) is 9.31. The Morgan fingerprint density at radius 3 is 1.64 bits per heavy atom. The van der Waals surface area contributed by atoms with Crippen molar-refractivity contribution in [1.82, 2.24) is 40.9 Å². The summed E-state index contributed by atoms with van der Waals surface area (Å²) < 4.78 is 11.3. The Bertz CT molecular complexity index is 2480. The molecule has 4 amide bonds. The lowest BCUT2D eigenvalue weighted by Gasteiger charge is -2.35. The van der Waals surface area contributed by atoms with Crippen LogP contribution in [0.15, 0.2) is 54.6 Å². The van der Waals surface area contributed by atoms with Crippen LogP contribution in [0.5, 0.6) is 17.2 Å². The SMILES string of the molecule is O=C(O)CN1CCN(CC(=O)O)CCN(C(CCC(=O)NCCOCCOc2cccc(CNC(=O)c3cc(Cl)c(C(=O)N[C@@H](CNC(=O)c4cc(O)cc(O)c4)C(=O)O)c(Cl)c3)c2)C(=O)O)CCN(CC(=O)O)CC1. The summed E-state index contributed by atoms with van der Waals surface area (Å²) in [5.41, 5.74) is 0.0993. The third kappa shape index (κ3) is 21.5. The molecule has 1 fully saturated rings. The summed E-state index contributed by atoms with van der Waals surface area (Å²) in [6.07, 6.45) is -0.287. The highest BCUT2D eigenvalue weighted by Gasteiger charge is 2.29. The zero-order valence-corrected chi connectivity index (χ0v) is 42.5. The van der Waals surface area contributed by atoms with Crippen molar-refractivity contribution in [3.63, 3.8) is 0 Å². The van der Waals surface area contributed by atoms with E-state index < -0.39 is 83.6 Å². The van der Waals surface area contributed by atoms with Gasteiger partial charge in [0.25, 0.3) is 17.7 Å². The Kier molecular flexibility index (Phi) is 24.9. The molecule has 0 aromatic heterocycles. The van der Waals surface area contributed by atoms with Crippen LogP contribution in [0.4, 0.5) is 0 Å². The van der Waals surface area contributed by atoms with Crippen molar-refractivity contribution < 1.29 is 88.4 Å². The summed E-state index contributed by atoms with van der Waals surface area (Å²) in [5.74, 6) is -9.40. The Morgan fingerprint density at radius 2 is 1.12 bits per heavy atom. The maximum absolute atomic E-state index is 13.1. The van der Waals surface area contributed by atoms with Gasteiger partial charge in [-0.1, -0.05) is 35.3 Å². The van der Waals surface area contributed by atoms with E-state index in [2.05, 4.69) is 21.3 Å². The number of amides is 4. The fraction of sp³-hybridized carbons (Fsp3) is 0.438. The predicted octanol–water partition coefficient (Wildman–Crippen LogP) is 0.168. The van der Waals surface area contributed by atoms with Crippen molar-refractivity contribution in [2.24, 2.45) is 0 Å². The van der Waals surface area contributed by atoms with E-state index in [9.17, 15) is 78.9 Å². The zero-order valence-electron chi connectivity index (χ0n) is 41.0. The van der Waals surface area contributed by atoms with Crippen molar-refractivity contribution in [3.8, 4) is 17.2 Å². The molecule has 0 radical (unpaired) electrons. The number of carbonyl (C=O) groups excluding carboxylic acids is 4. The second kappa shape index (κ2) is 30.9. The number of benzene rings is 3. The van der Waals surface area contributed by atoms with Crippen molar-refractivity contribution in [1.29, 1.82) is 0 Å². The molecule has 0 aliphatic carbocycles. The van der Waals surface area contributed by atoms with Crippen LogP contribution in [0.1, 0.15) is 49.5 Å². The van der Waals surface area contributed by atoms with Crippen LogP contribution >= 0.6 is 23.2 Å². The zero-order chi connectivity index (χ0) is 55.9. The van der Waals surface area contributed by atoms with Crippen LogP contribution in [0.3, 0.4) is 0 Å². The van der Waals surface area contributed by atoms with Crippen molar-refractivity contribution >= 4 is 76.7 Å². The summed E-state index contributed by atoms with van der Waals surface area (Å²) in [7, 11) is 0. The smallest absolute Gasteiger partial charge is 0.328 e. The Balaban J connectivity index is 1.20. The van der Waals surface area contributed by atoms with E-state index in [1.807, 2.05) is 0 Å². The lowest BCUT2D eigenvalue weighted by molar-refractivity contribution is -0.145. The van der Waals surface area contributed by atoms with Gasteiger partial charge in [-0.3, -0.25) is 58.0 Å². The lowest BCUT2D eigenvalue weighted by atomic mass is 10.1. The molecule has 0 spiro atoms. The molecule has 3 aromatic rings. The summed E-state index contributed by atoms with van der Waals surface area (Å²) in [4.78, 5) is 117. The second-order valence-corrected chi connectivity index (χ2v) is 18.0. The number of hydrogen-bond donors (Lipinski definition) is 11. The van der Waals surface area contributed by atoms with Gasteiger partial charge in [-0.2, -0.15) is 0 Å². The molecule has 1 unspecified atom stereocenters. The van der Waals surface area contributed by atoms with Crippen molar-refractivity contribution in [3.05, 3.63) is 86.9 Å². The number of aliphatic carboxylic acids is 5. The summed E-state index contributed by atoms with van der Waals surface area (Å²) in [6.45, 7) is -0.212. The van der Waals surface area contributed by atoms with Crippen LogP contribution in [-0.4, -0.2) is 226 Å². The van der Waals surface area contributed by atoms with Gasteiger partial charge in [0, 0.05) is 95.6 Å². The van der Waals surface area contributed by atoms with E-state index in [1.54, 1.807) is 43.9 Å². The quantitative estimate of drug-likeness (QED) is 0.0453. The maximum atomic E-state index is 13.1. The first-order chi connectivity index (χ1) is 36.1. The van der Waals surface area contributed by atoms with E-state index in [4.69, 9.17) is 32.7 Å². The van der Waals surface area contributed by atoms with Crippen LogP contribution in [0.2, 0.25) is 10.0 Å². The van der Waals surface area contributed by atoms with E-state index in [0.717, 1.165) is 30.3 Å². The third-order valence-corrected chi connectivity index (χ3v) is 12.1. The molecule has 1 saturated heterocycles. The molecular formula is C48H60Cl2N8O18. The largest absolute Gasteiger partial charge is 0.508 e.